The molecular formula is C13H13F3N4. The quantitative estimate of drug-likeness (QED) is 0.881. The van der Waals surface area contributed by atoms with Crippen molar-refractivity contribution in [3.05, 3.63) is 41.8 Å². The van der Waals surface area contributed by atoms with E-state index in [1.807, 2.05) is 6.92 Å². The smallest absolute Gasteiger partial charge is 0.224 e. The summed E-state index contributed by atoms with van der Waals surface area (Å²) in [5.74, 6) is -2.52. The zero-order valence-corrected chi connectivity index (χ0v) is 10.8. The zero-order valence-electron chi connectivity index (χ0n) is 10.8. The fraction of sp³-hybridized carbons (Fsp3) is 0.231. The highest BCUT2D eigenvalue weighted by Gasteiger charge is 2.09. The van der Waals surface area contributed by atoms with E-state index in [0.717, 1.165) is 24.8 Å². The minimum atomic E-state index is -1.02. The van der Waals surface area contributed by atoms with Crippen molar-refractivity contribution in [1.29, 1.82) is 0 Å². The molecule has 0 fully saturated rings. The Morgan fingerprint density at radius 1 is 1.10 bits per heavy atom. The topological polar surface area (TPSA) is 49.8 Å². The van der Waals surface area contributed by atoms with Crippen LogP contribution in [-0.4, -0.2) is 16.5 Å². The average Bonchev–Trinajstić information content (AvgIpc) is 2.44. The van der Waals surface area contributed by atoms with Crippen molar-refractivity contribution in [3.8, 4) is 0 Å². The lowest BCUT2D eigenvalue weighted by Crippen LogP contribution is -2.07. The monoisotopic (exact) mass is 282 g/mol. The molecule has 20 heavy (non-hydrogen) atoms. The van der Waals surface area contributed by atoms with E-state index in [1.165, 1.54) is 6.07 Å². The molecule has 0 bridgehead atoms. The van der Waals surface area contributed by atoms with Crippen molar-refractivity contribution in [2.45, 2.75) is 13.3 Å². The fourth-order valence-electron chi connectivity index (χ4n) is 1.49. The number of hydrogen-bond donors (Lipinski definition) is 2. The predicted molar refractivity (Wildman–Crippen MR) is 70.4 cm³/mol. The Morgan fingerprint density at radius 3 is 2.60 bits per heavy atom. The van der Waals surface area contributed by atoms with E-state index >= 15 is 0 Å². The van der Waals surface area contributed by atoms with Gasteiger partial charge >= 0.3 is 0 Å². The summed E-state index contributed by atoms with van der Waals surface area (Å²) in [6.07, 6.45) is 1.87. The van der Waals surface area contributed by atoms with Crippen LogP contribution in [0.4, 0.5) is 30.6 Å². The number of halogens is 3. The third kappa shape index (κ3) is 3.37. The Bertz CT molecular complexity index is 604. The van der Waals surface area contributed by atoms with E-state index in [4.69, 9.17) is 0 Å². The van der Waals surface area contributed by atoms with Crippen molar-refractivity contribution in [2.24, 2.45) is 0 Å². The van der Waals surface area contributed by atoms with Gasteiger partial charge < -0.3 is 10.6 Å². The molecule has 2 N–H and O–H groups in total. The summed E-state index contributed by atoms with van der Waals surface area (Å²) in [5, 5.41) is 5.49. The van der Waals surface area contributed by atoms with E-state index in [-0.39, 0.29) is 17.5 Å². The molecule has 106 valence electrons. The molecule has 0 aliphatic rings. The predicted octanol–water partition coefficient (Wildman–Crippen LogP) is 3.46. The highest BCUT2D eigenvalue weighted by molar-refractivity contribution is 5.57. The summed E-state index contributed by atoms with van der Waals surface area (Å²) in [6.45, 7) is 2.62. The van der Waals surface area contributed by atoms with Gasteiger partial charge in [0.1, 0.15) is 0 Å². The third-order valence-corrected chi connectivity index (χ3v) is 2.46. The molecule has 0 amide bonds. The lowest BCUT2D eigenvalue weighted by Gasteiger charge is -2.09. The van der Waals surface area contributed by atoms with Gasteiger partial charge in [0.15, 0.2) is 23.3 Å². The largest absolute Gasteiger partial charge is 0.354 e. The molecule has 0 saturated carbocycles. The second kappa shape index (κ2) is 6.23. The van der Waals surface area contributed by atoms with Crippen LogP contribution in [0, 0.1) is 17.5 Å². The summed E-state index contributed by atoms with van der Waals surface area (Å²) in [4.78, 5) is 7.71. The maximum atomic E-state index is 13.6. The Labute approximate surface area is 114 Å². The molecule has 1 aromatic heterocycles. The number of anilines is 3. The van der Waals surface area contributed by atoms with Crippen molar-refractivity contribution >= 4 is 17.5 Å². The number of nitrogens with zero attached hydrogens (tertiary/aromatic N) is 2. The Morgan fingerprint density at radius 2 is 1.90 bits per heavy atom. The summed E-state index contributed by atoms with van der Waals surface area (Å²) in [6, 6.07) is 3.17. The molecule has 0 aliphatic carbocycles. The third-order valence-electron chi connectivity index (χ3n) is 2.46. The molecule has 0 unspecified atom stereocenters. The maximum absolute atomic E-state index is 13.6. The van der Waals surface area contributed by atoms with Gasteiger partial charge in [0.2, 0.25) is 5.95 Å². The first-order valence-corrected chi connectivity index (χ1v) is 6.08. The summed E-state index contributed by atoms with van der Waals surface area (Å²) >= 11 is 0. The maximum Gasteiger partial charge on any atom is 0.224 e. The first-order valence-electron chi connectivity index (χ1n) is 6.08. The molecule has 0 aliphatic heterocycles. The van der Waals surface area contributed by atoms with E-state index in [1.54, 1.807) is 0 Å². The molecule has 0 spiro atoms. The van der Waals surface area contributed by atoms with Crippen molar-refractivity contribution in [2.75, 3.05) is 17.2 Å². The van der Waals surface area contributed by atoms with E-state index in [9.17, 15) is 13.2 Å². The Balaban J connectivity index is 2.20. The fourth-order valence-corrected chi connectivity index (χ4v) is 1.49. The van der Waals surface area contributed by atoms with Gasteiger partial charge in [-0.05, 0) is 18.6 Å². The minimum absolute atomic E-state index is 0.107. The Hall–Kier alpha value is -2.31. The van der Waals surface area contributed by atoms with Crippen LogP contribution < -0.4 is 10.6 Å². The van der Waals surface area contributed by atoms with E-state index in [2.05, 4.69) is 20.6 Å². The van der Waals surface area contributed by atoms with Gasteiger partial charge in [-0.1, -0.05) is 6.92 Å². The lowest BCUT2D eigenvalue weighted by atomic mass is 10.3. The standard InChI is InChI=1S/C13H13F3N4/c1-2-5-17-13-18-7-11(16)12(20-13)19-8-3-4-9(14)10(15)6-8/h3-4,6-7H,2,5H2,1H3,(H2,17,18,19,20). The van der Waals surface area contributed by atoms with Crippen LogP contribution in [0.2, 0.25) is 0 Å². The average molecular weight is 282 g/mol. The summed E-state index contributed by atoms with van der Waals surface area (Å²) in [5.41, 5.74) is 0.197. The first kappa shape index (κ1) is 14.1. The van der Waals surface area contributed by atoms with Crippen LogP contribution in [0.1, 0.15) is 13.3 Å². The van der Waals surface area contributed by atoms with Crippen molar-refractivity contribution < 1.29 is 13.2 Å². The summed E-state index contributed by atoms with van der Waals surface area (Å²) in [7, 11) is 0. The Kier molecular flexibility index (Phi) is 4.39. The van der Waals surface area contributed by atoms with Gasteiger partial charge in [-0.3, -0.25) is 0 Å². The molecular weight excluding hydrogens is 269 g/mol. The van der Waals surface area contributed by atoms with Crippen LogP contribution in [0.3, 0.4) is 0 Å². The first-order chi connectivity index (χ1) is 9.60. The van der Waals surface area contributed by atoms with Crippen LogP contribution in [-0.2, 0) is 0 Å². The van der Waals surface area contributed by atoms with Crippen LogP contribution >= 0.6 is 0 Å². The molecule has 0 radical (unpaired) electrons. The number of rotatable bonds is 5. The molecule has 0 atom stereocenters. The molecule has 2 aromatic rings. The minimum Gasteiger partial charge on any atom is -0.354 e. The number of hydrogen-bond acceptors (Lipinski definition) is 4. The van der Waals surface area contributed by atoms with Crippen LogP contribution in [0.25, 0.3) is 0 Å². The van der Waals surface area contributed by atoms with Gasteiger partial charge in [-0.25, -0.2) is 18.2 Å². The molecule has 1 aromatic carbocycles. The second-order valence-electron chi connectivity index (χ2n) is 4.07. The molecule has 2 rings (SSSR count). The van der Waals surface area contributed by atoms with Crippen LogP contribution in [0.15, 0.2) is 24.4 Å². The summed E-state index contributed by atoms with van der Waals surface area (Å²) < 4.78 is 39.5. The SMILES string of the molecule is CCCNc1ncc(F)c(Nc2ccc(F)c(F)c2)n1. The highest BCUT2D eigenvalue weighted by atomic mass is 19.2. The van der Waals surface area contributed by atoms with Gasteiger partial charge in [0.25, 0.3) is 0 Å². The molecule has 7 heteroatoms. The number of benzene rings is 1. The molecule has 4 nitrogen and oxygen atoms in total. The van der Waals surface area contributed by atoms with Crippen molar-refractivity contribution in [1.82, 2.24) is 9.97 Å². The molecule has 1 heterocycles. The van der Waals surface area contributed by atoms with Crippen LogP contribution in [0.5, 0.6) is 0 Å². The number of aromatic nitrogens is 2. The van der Waals surface area contributed by atoms with Gasteiger partial charge in [-0.2, -0.15) is 4.98 Å². The van der Waals surface area contributed by atoms with Gasteiger partial charge in [-0.15, -0.1) is 0 Å². The number of nitrogens with one attached hydrogen (secondary N) is 2. The van der Waals surface area contributed by atoms with Crippen molar-refractivity contribution in [3.63, 3.8) is 0 Å². The zero-order chi connectivity index (χ0) is 14.5. The molecule has 0 saturated heterocycles. The van der Waals surface area contributed by atoms with Gasteiger partial charge in [0.05, 0.1) is 6.20 Å². The van der Waals surface area contributed by atoms with E-state index < -0.39 is 17.5 Å². The van der Waals surface area contributed by atoms with Gasteiger partial charge in [0, 0.05) is 18.3 Å². The van der Waals surface area contributed by atoms with E-state index in [0.29, 0.717) is 6.54 Å². The normalized spacial score (nSPS) is 10.4. The highest BCUT2D eigenvalue weighted by Crippen LogP contribution is 2.20. The second-order valence-corrected chi connectivity index (χ2v) is 4.07. The lowest BCUT2D eigenvalue weighted by molar-refractivity contribution is 0.509.